The van der Waals surface area contributed by atoms with Crippen molar-refractivity contribution >= 4 is 5.78 Å². The zero-order valence-corrected chi connectivity index (χ0v) is 6.53. The molecule has 0 amide bonds. The van der Waals surface area contributed by atoms with Crippen LogP contribution in [-0.2, 0) is 4.79 Å². The van der Waals surface area contributed by atoms with Crippen molar-refractivity contribution in [1.29, 1.82) is 0 Å². The molecule has 0 aromatic carbocycles. The van der Waals surface area contributed by atoms with Crippen molar-refractivity contribution in [3.63, 3.8) is 0 Å². The van der Waals surface area contributed by atoms with Crippen molar-refractivity contribution in [2.24, 2.45) is 5.92 Å². The Labute approximate surface area is 66.2 Å². The molecule has 0 heterocycles. The van der Waals surface area contributed by atoms with E-state index in [2.05, 4.69) is 0 Å². The maximum absolute atomic E-state index is 11.0. The number of hydrogen-bond acceptors (Lipinski definition) is 2. The number of ketones is 1. The maximum atomic E-state index is 11.0. The van der Waals surface area contributed by atoms with Crippen LogP contribution in [-0.4, -0.2) is 17.0 Å². The molecule has 1 N–H and O–H groups in total. The van der Waals surface area contributed by atoms with Gasteiger partial charge in [-0.25, -0.2) is 0 Å². The molecule has 1 aliphatic rings. The molecule has 2 nitrogen and oxygen atoms in total. The van der Waals surface area contributed by atoms with Gasteiger partial charge in [-0.1, -0.05) is 18.2 Å². The summed E-state index contributed by atoms with van der Waals surface area (Å²) in [6, 6.07) is 0. The molecule has 0 unspecified atom stereocenters. The summed E-state index contributed by atoms with van der Waals surface area (Å²) in [7, 11) is 0. The van der Waals surface area contributed by atoms with Crippen molar-refractivity contribution in [3.05, 3.63) is 24.3 Å². The lowest BCUT2D eigenvalue weighted by molar-refractivity contribution is -0.119. The van der Waals surface area contributed by atoms with Crippen molar-refractivity contribution in [1.82, 2.24) is 0 Å². The van der Waals surface area contributed by atoms with Crippen molar-refractivity contribution in [2.75, 3.05) is 0 Å². The Morgan fingerprint density at radius 1 is 1.73 bits per heavy atom. The van der Waals surface area contributed by atoms with Crippen LogP contribution in [0.25, 0.3) is 0 Å². The Hall–Kier alpha value is -0.890. The van der Waals surface area contributed by atoms with E-state index in [-0.39, 0.29) is 11.7 Å². The summed E-state index contributed by atoms with van der Waals surface area (Å²) in [5, 5.41) is 9.24. The number of carbonyl (C=O) groups is 1. The molecule has 0 saturated heterocycles. The zero-order chi connectivity index (χ0) is 8.27. The van der Waals surface area contributed by atoms with Crippen LogP contribution in [0.15, 0.2) is 24.3 Å². The molecule has 0 aromatic heterocycles. The normalized spacial score (nSPS) is 30.5. The van der Waals surface area contributed by atoms with Gasteiger partial charge in [0.15, 0.2) is 5.78 Å². The van der Waals surface area contributed by atoms with Gasteiger partial charge in [-0.2, -0.15) is 0 Å². The summed E-state index contributed by atoms with van der Waals surface area (Å²) in [6.07, 6.45) is 6.87. The number of hydrogen-bond donors (Lipinski definition) is 1. The highest BCUT2D eigenvalue weighted by molar-refractivity contribution is 5.95. The molecule has 1 aliphatic carbocycles. The minimum absolute atomic E-state index is 0.0376. The predicted molar refractivity (Wildman–Crippen MR) is 43.1 cm³/mol. The third-order valence-electron chi connectivity index (χ3n) is 1.86. The van der Waals surface area contributed by atoms with Crippen LogP contribution in [0.5, 0.6) is 0 Å². The summed E-state index contributed by atoms with van der Waals surface area (Å²) in [6.45, 7) is 1.90. The Balaban J connectivity index is 2.52. The summed E-state index contributed by atoms with van der Waals surface area (Å²) in [5.74, 6) is -0.193. The molecule has 1 rings (SSSR count). The van der Waals surface area contributed by atoms with Gasteiger partial charge in [0.1, 0.15) is 0 Å². The summed E-state index contributed by atoms with van der Waals surface area (Å²) < 4.78 is 0. The lowest BCUT2D eigenvalue weighted by atomic mass is 10.00. The lowest BCUT2D eigenvalue weighted by Crippen LogP contribution is -2.18. The molecule has 0 fully saturated rings. The largest absolute Gasteiger partial charge is 0.388 e. The van der Waals surface area contributed by atoms with Crippen molar-refractivity contribution in [2.45, 2.75) is 19.4 Å². The van der Waals surface area contributed by atoms with E-state index in [1.165, 1.54) is 6.08 Å². The Kier molecular flexibility index (Phi) is 2.60. The van der Waals surface area contributed by atoms with Crippen LogP contribution in [0, 0.1) is 5.92 Å². The van der Waals surface area contributed by atoms with Gasteiger partial charge >= 0.3 is 0 Å². The van der Waals surface area contributed by atoms with Crippen LogP contribution in [0.4, 0.5) is 0 Å². The quantitative estimate of drug-likeness (QED) is 0.601. The first-order valence-electron chi connectivity index (χ1n) is 3.77. The van der Waals surface area contributed by atoms with Gasteiger partial charge in [-0.3, -0.25) is 4.79 Å². The van der Waals surface area contributed by atoms with Gasteiger partial charge in [0.05, 0.1) is 12.0 Å². The van der Waals surface area contributed by atoms with Crippen LogP contribution < -0.4 is 0 Å². The topological polar surface area (TPSA) is 37.3 Å². The molecule has 0 radical (unpaired) electrons. The van der Waals surface area contributed by atoms with Gasteiger partial charge in [-0.15, -0.1) is 0 Å². The third-order valence-corrected chi connectivity index (χ3v) is 1.86. The van der Waals surface area contributed by atoms with E-state index < -0.39 is 6.10 Å². The van der Waals surface area contributed by atoms with Gasteiger partial charge in [0.2, 0.25) is 0 Å². The summed E-state index contributed by atoms with van der Waals surface area (Å²) in [5.41, 5.74) is 0. The molecule has 2 heteroatoms. The molecule has 0 bridgehead atoms. The SMILES string of the molecule is C/C=C/C[C@@H]1C(=O)C=C[C@H]1O. The minimum Gasteiger partial charge on any atom is -0.388 e. The highest BCUT2D eigenvalue weighted by Crippen LogP contribution is 2.19. The fourth-order valence-corrected chi connectivity index (χ4v) is 1.16. The van der Waals surface area contributed by atoms with Gasteiger partial charge in [0.25, 0.3) is 0 Å². The Morgan fingerprint density at radius 2 is 2.45 bits per heavy atom. The van der Waals surface area contributed by atoms with Crippen LogP contribution >= 0.6 is 0 Å². The second-order valence-corrected chi connectivity index (χ2v) is 2.66. The molecule has 0 spiro atoms. The predicted octanol–water partition coefficient (Wildman–Crippen LogP) is 1.07. The van der Waals surface area contributed by atoms with Crippen molar-refractivity contribution < 1.29 is 9.90 Å². The monoisotopic (exact) mass is 152 g/mol. The maximum Gasteiger partial charge on any atom is 0.161 e. The Morgan fingerprint density at radius 3 is 2.91 bits per heavy atom. The van der Waals surface area contributed by atoms with E-state index in [1.54, 1.807) is 6.08 Å². The third kappa shape index (κ3) is 1.77. The van der Waals surface area contributed by atoms with E-state index in [1.807, 2.05) is 19.1 Å². The summed E-state index contributed by atoms with van der Waals surface area (Å²) in [4.78, 5) is 11.0. The Bertz CT molecular complexity index is 204. The van der Waals surface area contributed by atoms with Gasteiger partial charge in [0, 0.05) is 0 Å². The number of allylic oxidation sites excluding steroid dienone is 3. The first-order chi connectivity index (χ1) is 5.25. The van der Waals surface area contributed by atoms with E-state index in [4.69, 9.17) is 0 Å². The molecule has 2 atom stereocenters. The van der Waals surface area contributed by atoms with Gasteiger partial charge < -0.3 is 5.11 Å². The molecule has 60 valence electrons. The van der Waals surface area contributed by atoms with Crippen LogP contribution in [0.1, 0.15) is 13.3 Å². The van der Waals surface area contributed by atoms with E-state index in [0.29, 0.717) is 6.42 Å². The molecule has 11 heavy (non-hydrogen) atoms. The second-order valence-electron chi connectivity index (χ2n) is 2.66. The minimum atomic E-state index is -0.571. The molecular formula is C9H12O2. The number of aliphatic hydroxyl groups excluding tert-OH is 1. The average Bonchev–Trinajstić information content (AvgIpc) is 2.29. The first kappa shape index (κ1) is 8.21. The molecular weight excluding hydrogens is 140 g/mol. The standard InChI is InChI=1S/C9H12O2/c1-2-3-4-7-8(10)5-6-9(7)11/h2-3,5-8,10H,4H2,1H3/b3-2+/t7-,8+/m0/s1. The first-order valence-corrected chi connectivity index (χ1v) is 3.77. The highest BCUT2D eigenvalue weighted by atomic mass is 16.3. The van der Waals surface area contributed by atoms with Crippen LogP contribution in [0.3, 0.4) is 0 Å². The highest BCUT2D eigenvalue weighted by Gasteiger charge is 2.26. The molecule has 0 aliphatic heterocycles. The number of rotatable bonds is 2. The second kappa shape index (κ2) is 3.49. The number of aliphatic hydroxyl groups is 1. The van der Waals surface area contributed by atoms with Gasteiger partial charge in [-0.05, 0) is 19.4 Å². The molecule has 0 aromatic rings. The lowest BCUT2D eigenvalue weighted by Gasteiger charge is -2.08. The fraction of sp³-hybridized carbons (Fsp3) is 0.444. The fourth-order valence-electron chi connectivity index (χ4n) is 1.16. The van der Waals surface area contributed by atoms with Crippen molar-refractivity contribution in [3.8, 4) is 0 Å². The van der Waals surface area contributed by atoms with E-state index in [0.717, 1.165) is 0 Å². The average molecular weight is 152 g/mol. The molecule has 0 saturated carbocycles. The zero-order valence-electron chi connectivity index (χ0n) is 6.53. The summed E-state index contributed by atoms with van der Waals surface area (Å²) >= 11 is 0. The smallest absolute Gasteiger partial charge is 0.161 e. The number of carbonyl (C=O) groups excluding carboxylic acids is 1. The van der Waals surface area contributed by atoms with Crippen LogP contribution in [0.2, 0.25) is 0 Å². The van der Waals surface area contributed by atoms with E-state index >= 15 is 0 Å². The van der Waals surface area contributed by atoms with E-state index in [9.17, 15) is 9.90 Å².